The van der Waals surface area contributed by atoms with E-state index in [1.165, 1.54) is 0 Å². The Morgan fingerprint density at radius 1 is 1.41 bits per heavy atom. The summed E-state index contributed by atoms with van der Waals surface area (Å²) in [5, 5.41) is 3.63. The van der Waals surface area contributed by atoms with Crippen molar-refractivity contribution in [2.75, 3.05) is 0 Å². The third-order valence-corrected chi connectivity index (χ3v) is 3.38. The predicted octanol–water partition coefficient (Wildman–Crippen LogP) is 2.44. The lowest BCUT2D eigenvalue weighted by molar-refractivity contribution is -0.121. The van der Waals surface area contributed by atoms with E-state index in [0.29, 0.717) is 5.02 Å². The van der Waals surface area contributed by atoms with Crippen LogP contribution in [-0.4, -0.2) is 21.5 Å². The van der Waals surface area contributed by atoms with Crippen molar-refractivity contribution in [2.45, 2.75) is 25.4 Å². The topological polar surface area (TPSA) is 72.9 Å². The van der Waals surface area contributed by atoms with Crippen LogP contribution in [-0.2, 0) is 11.8 Å². The van der Waals surface area contributed by atoms with Crippen LogP contribution in [0.5, 0.6) is 0 Å². The molecule has 0 radical (unpaired) electrons. The minimum absolute atomic E-state index is 0. The number of hydrogen-bond donors (Lipinski definition) is 2. The van der Waals surface area contributed by atoms with Crippen LogP contribution < -0.4 is 11.1 Å². The average molecular weight is 343 g/mol. The summed E-state index contributed by atoms with van der Waals surface area (Å²) in [6.45, 7) is 1.80. The highest BCUT2D eigenvalue weighted by atomic mass is 35.5. The van der Waals surface area contributed by atoms with E-state index in [9.17, 15) is 4.79 Å². The Morgan fingerprint density at radius 2 is 2.05 bits per heavy atom. The first kappa shape index (κ1) is 18.5. The third-order valence-electron chi connectivity index (χ3n) is 3.13. The van der Waals surface area contributed by atoms with Crippen molar-refractivity contribution in [1.82, 2.24) is 14.9 Å². The second kappa shape index (κ2) is 8.17. The number of carbonyl (C=O) groups is 1. The Hall–Kier alpha value is -1.56. The van der Waals surface area contributed by atoms with Crippen molar-refractivity contribution >= 4 is 29.9 Å². The fourth-order valence-corrected chi connectivity index (χ4v) is 2.25. The van der Waals surface area contributed by atoms with Crippen LogP contribution in [0.2, 0.25) is 5.02 Å². The molecule has 0 aliphatic rings. The van der Waals surface area contributed by atoms with Crippen LogP contribution in [0, 0.1) is 0 Å². The largest absolute Gasteiger partial charge is 0.342 e. The highest BCUT2D eigenvalue weighted by Gasteiger charge is 2.21. The number of carbonyl (C=O) groups excluding carboxylic acids is 1. The molecule has 2 aromatic rings. The lowest BCUT2D eigenvalue weighted by atomic mass is 10.1. The van der Waals surface area contributed by atoms with Gasteiger partial charge in [-0.2, -0.15) is 0 Å². The van der Waals surface area contributed by atoms with Gasteiger partial charge in [-0.15, -0.1) is 12.4 Å². The van der Waals surface area contributed by atoms with E-state index >= 15 is 0 Å². The summed E-state index contributed by atoms with van der Waals surface area (Å²) in [6.07, 6.45) is 3.82. The van der Waals surface area contributed by atoms with Crippen LogP contribution in [0.3, 0.4) is 0 Å². The molecule has 1 heterocycles. The van der Waals surface area contributed by atoms with E-state index in [-0.39, 0.29) is 36.8 Å². The van der Waals surface area contributed by atoms with Crippen LogP contribution in [0.4, 0.5) is 0 Å². The second-order valence-electron chi connectivity index (χ2n) is 5.13. The van der Waals surface area contributed by atoms with Crippen molar-refractivity contribution in [3.8, 4) is 0 Å². The maximum Gasteiger partial charge on any atom is 0.222 e. The maximum atomic E-state index is 12.1. The molecule has 2 atom stereocenters. The predicted molar refractivity (Wildman–Crippen MR) is 90.2 cm³/mol. The molecule has 5 nitrogen and oxygen atoms in total. The molecular formula is C15H20Cl2N4O. The van der Waals surface area contributed by atoms with E-state index < -0.39 is 0 Å². The highest BCUT2D eigenvalue weighted by molar-refractivity contribution is 6.30. The summed E-state index contributed by atoms with van der Waals surface area (Å²) in [4.78, 5) is 16.4. The van der Waals surface area contributed by atoms with Crippen molar-refractivity contribution in [3.05, 3.63) is 53.1 Å². The van der Waals surface area contributed by atoms with E-state index in [1.54, 1.807) is 25.3 Å². The molecule has 2 unspecified atom stereocenters. The molecule has 0 fully saturated rings. The van der Waals surface area contributed by atoms with E-state index in [1.807, 2.05) is 29.9 Å². The average Bonchev–Trinajstić information content (AvgIpc) is 2.82. The first-order valence-corrected chi connectivity index (χ1v) is 7.13. The Balaban J connectivity index is 0.00000242. The van der Waals surface area contributed by atoms with E-state index in [2.05, 4.69) is 10.3 Å². The molecule has 0 saturated heterocycles. The number of halogens is 2. The Morgan fingerprint density at radius 3 is 2.55 bits per heavy atom. The van der Waals surface area contributed by atoms with Gasteiger partial charge in [-0.1, -0.05) is 23.7 Å². The zero-order valence-corrected chi connectivity index (χ0v) is 14.1. The minimum Gasteiger partial charge on any atom is -0.342 e. The van der Waals surface area contributed by atoms with Gasteiger partial charge < -0.3 is 15.6 Å². The van der Waals surface area contributed by atoms with Crippen molar-refractivity contribution in [1.29, 1.82) is 0 Å². The number of imidazole rings is 1. The number of benzene rings is 1. The number of aryl methyl sites for hydroxylation is 1. The van der Waals surface area contributed by atoms with Gasteiger partial charge in [0.15, 0.2) is 0 Å². The van der Waals surface area contributed by atoms with Gasteiger partial charge >= 0.3 is 0 Å². The molecule has 0 aliphatic heterocycles. The SMILES string of the molecule is CC(N)CC(=O)NC(c1ccc(Cl)cc1)c1nccn1C.Cl. The molecule has 3 N–H and O–H groups in total. The van der Waals surface area contributed by atoms with E-state index in [0.717, 1.165) is 11.4 Å². The molecule has 22 heavy (non-hydrogen) atoms. The zero-order chi connectivity index (χ0) is 15.4. The molecule has 7 heteroatoms. The number of rotatable bonds is 5. The van der Waals surface area contributed by atoms with Crippen LogP contribution in [0.15, 0.2) is 36.7 Å². The highest BCUT2D eigenvalue weighted by Crippen LogP contribution is 2.22. The molecule has 0 spiro atoms. The molecule has 1 amide bonds. The lowest BCUT2D eigenvalue weighted by Gasteiger charge is -2.20. The molecule has 2 rings (SSSR count). The molecule has 1 aromatic heterocycles. The molecule has 0 bridgehead atoms. The number of nitrogens with two attached hydrogens (primary N) is 1. The second-order valence-corrected chi connectivity index (χ2v) is 5.57. The van der Waals surface area contributed by atoms with Gasteiger partial charge in [0.1, 0.15) is 11.9 Å². The summed E-state index contributed by atoms with van der Waals surface area (Å²) in [7, 11) is 1.89. The van der Waals surface area contributed by atoms with Gasteiger partial charge in [0.2, 0.25) is 5.91 Å². The van der Waals surface area contributed by atoms with Gasteiger partial charge in [0.25, 0.3) is 0 Å². The van der Waals surface area contributed by atoms with Gasteiger partial charge in [-0.3, -0.25) is 4.79 Å². The first-order valence-electron chi connectivity index (χ1n) is 6.75. The first-order chi connectivity index (χ1) is 9.97. The smallest absolute Gasteiger partial charge is 0.222 e. The fraction of sp³-hybridized carbons (Fsp3) is 0.333. The molecule has 120 valence electrons. The van der Waals surface area contributed by atoms with E-state index in [4.69, 9.17) is 17.3 Å². The maximum absolute atomic E-state index is 12.1. The van der Waals surface area contributed by atoms with Gasteiger partial charge in [-0.05, 0) is 24.6 Å². The minimum atomic E-state index is -0.325. The summed E-state index contributed by atoms with van der Waals surface area (Å²) in [5.74, 6) is 0.656. The number of nitrogens with one attached hydrogen (secondary N) is 1. The molecule has 0 aliphatic carbocycles. The summed E-state index contributed by atoms with van der Waals surface area (Å²) >= 11 is 5.92. The van der Waals surface area contributed by atoms with Crippen molar-refractivity contribution in [3.63, 3.8) is 0 Å². The van der Waals surface area contributed by atoms with Gasteiger partial charge in [-0.25, -0.2) is 4.98 Å². The summed E-state index contributed by atoms with van der Waals surface area (Å²) < 4.78 is 1.88. The number of amides is 1. The quantitative estimate of drug-likeness (QED) is 0.876. The Kier molecular flexibility index (Phi) is 6.87. The standard InChI is InChI=1S/C15H19ClN4O.ClH/c1-10(17)9-13(21)19-14(15-18-7-8-20(15)2)11-3-5-12(16)6-4-11;/h3-8,10,14H,9,17H2,1-2H3,(H,19,21);1H. The normalized spacial score (nSPS) is 13.1. The lowest BCUT2D eigenvalue weighted by Crippen LogP contribution is -2.34. The van der Waals surface area contributed by atoms with Crippen LogP contribution in [0.25, 0.3) is 0 Å². The Labute approximate surface area is 141 Å². The molecule has 0 saturated carbocycles. The monoisotopic (exact) mass is 342 g/mol. The number of nitrogens with zero attached hydrogens (tertiary/aromatic N) is 2. The van der Waals surface area contributed by atoms with Crippen LogP contribution >= 0.6 is 24.0 Å². The molecular weight excluding hydrogens is 323 g/mol. The summed E-state index contributed by atoms with van der Waals surface area (Å²) in [5.41, 5.74) is 6.60. The van der Waals surface area contributed by atoms with Crippen LogP contribution in [0.1, 0.15) is 30.8 Å². The van der Waals surface area contributed by atoms with Gasteiger partial charge in [0, 0.05) is 36.9 Å². The van der Waals surface area contributed by atoms with Crippen molar-refractivity contribution < 1.29 is 4.79 Å². The molecule has 1 aromatic carbocycles. The third kappa shape index (κ3) is 4.73. The zero-order valence-electron chi connectivity index (χ0n) is 12.5. The number of aromatic nitrogens is 2. The number of hydrogen-bond acceptors (Lipinski definition) is 3. The van der Waals surface area contributed by atoms with Gasteiger partial charge in [0.05, 0.1) is 0 Å². The Bertz CT molecular complexity index is 610. The van der Waals surface area contributed by atoms with Crippen molar-refractivity contribution in [2.24, 2.45) is 12.8 Å². The summed E-state index contributed by atoms with van der Waals surface area (Å²) in [6, 6.07) is 6.85. The fourth-order valence-electron chi connectivity index (χ4n) is 2.12.